The minimum Gasteiger partial charge on any atom is -0.480 e. The maximum Gasteiger partial charge on any atom is 0.325 e. The molecule has 2 aliphatic heterocycles. The zero-order valence-electron chi connectivity index (χ0n) is 17.3. The first-order valence-corrected chi connectivity index (χ1v) is 10.1. The second kappa shape index (κ2) is 7.32. The van der Waals surface area contributed by atoms with Crippen molar-refractivity contribution in [1.29, 1.82) is 0 Å². The minimum absolute atomic E-state index is 0.245. The van der Waals surface area contributed by atoms with E-state index >= 15 is 0 Å². The molecule has 0 radical (unpaired) electrons. The number of carboxylic acid groups (broad SMARTS) is 1. The van der Waals surface area contributed by atoms with Gasteiger partial charge in [0.05, 0.1) is 11.8 Å². The van der Waals surface area contributed by atoms with E-state index in [1.807, 2.05) is 39.0 Å². The first kappa shape index (κ1) is 20.5. The summed E-state index contributed by atoms with van der Waals surface area (Å²) in [6.45, 7) is 9.89. The van der Waals surface area contributed by atoms with Crippen LogP contribution in [0.15, 0.2) is 18.2 Å². The largest absolute Gasteiger partial charge is 0.480 e. The summed E-state index contributed by atoms with van der Waals surface area (Å²) in [6, 6.07) is 5.47. The minimum atomic E-state index is -1.46. The van der Waals surface area contributed by atoms with E-state index in [2.05, 4.69) is 5.32 Å². The third kappa shape index (κ3) is 2.85. The fourth-order valence-corrected chi connectivity index (χ4v) is 4.87. The van der Waals surface area contributed by atoms with Gasteiger partial charge < -0.3 is 5.11 Å². The van der Waals surface area contributed by atoms with Crippen LogP contribution in [-0.4, -0.2) is 39.9 Å². The molecule has 1 aromatic carbocycles. The van der Waals surface area contributed by atoms with Crippen molar-refractivity contribution >= 4 is 17.8 Å². The number of aliphatic carboxylic acids is 1. The molecular weight excluding hydrogens is 356 g/mol. The van der Waals surface area contributed by atoms with E-state index < -0.39 is 29.4 Å². The van der Waals surface area contributed by atoms with Crippen LogP contribution < -0.4 is 5.32 Å². The fourth-order valence-electron chi connectivity index (χ4n) is 4.87. The summed E-state index contributed by atoms with van der Waals surface area (Å²) in [5.41, 5.74) is 1.46. The van der Waals surface area contributed by atoms with Crippen molar-refractivity contribution in [2.45, 2.75) is 59.0 Å². The maximum atomic E-state index is 13.3. The molecule has 4 unspecified atom stereocenters. The van der Waals surface area contributed by atoms with Gasteiger partial charge in [0.15, 0.2) is 0 Å². The summed E-state index contributed by atoms with van der Waals surface area (Å²) >= 11 is 0. The smallest absolute Gasteiger partial charge is 0.325 e. The Bertz CT molecular complexity index is 819. The number of fused-ring (bicyclic) bond motifs is 1. The zero-order valence-corrected chi connectivity index (χ0v) is 17.3. The highest BCUT2D eigenvalue weighted by Crippen LogP contribution is 2.51. The Balaban J connectivity index is 2.16. The second-order valence-corrected chi connectivity index (χ2v) is 8.50. The molecule has 2 saturated heterocycles. The standard InChI is InChI=1S/C22H30N2O4/c1-6-7-10-24-19(25)16-17(20(24)26)22(12(2)3,21(27)28)23-18(16)15-11-13(4)8-9-14(15)5/h8-9,11-12,16-18,23H,6-7,10H2,1-5H3,(H,27,28). The Kier molecular flexibility index (Phi) is 5.36. The van der Waals surface area contributed by atoms with Gasteiger partial charge in [-0.25, -0.2) is 0 Å². The Labute approximate surface area is 166 Å². The topological polar surface area (TPSA) is 86.7 Å². The molecule has 2 heterocycles. The molecule has 6 nitrogen and oxygen atoms in total. The number of amides is 2. The SMILES string of the molecule is CCCCN1C(=O)C2C(c3cc(C)ccc3C)NC(C(=O)O)(C(C)C)C2C1=O. The summed E-state index contributed by atoms with van der Waals surface area (Å²) < 4.78 is 0. The third-order valence-corrected chi connectivity index (χ3v) is 6.46. The van der Waals surface area contributed by atoms with Crippen molar-refractivity contribution in [3.63, 3.8) is 0 Å². The highest BCUT2D eigenvalue weighted by atomic mass is 16.4. The number of unbranched alkanes of at least 4 members (excludes halogenated alkanes) is 1. The van der Waals surface area contributed by atoms with Gasteiger partial charge in [-0.15, -0.1) is 0 Å². The summed E-state index contributed by atoms with van der Waals surface area (Å²) in [5.74, 6) is -3.59. The highest BCUT2D eigenvalue weighted by Gasteiger charge is 2.69. The van der Waals surface area contributed by atoms with Crippen LogP contribution in [0.1, 0.15) is 56.3 Å². The van der Waals surface area contributed by atoms with Crippen LogP contribution in [0.25, 0.3) is 0 Å². The first-order chi connectivity index (χ1) is 13.2. The number of carbonyl (C=O) groups is 3. The molecule has 28 heavy (non-hydrogen) atoms. The van der Waals surface area contributed by atoms with E-state index in [0.29, 0.717) is 6.54 Å². The number of likely N-dealkylation sites (tertiary alicyclic amines) is 1. The van der Waals surface area contributed by atoms with Crippen LogP contribution in [0.4, 0.5) is 0 Å². The van der Waals surface area contributed by atoms with Gasteiger partial charge in [-0.05, 0) is 37.3 Å². The molecule has 0 bridgehead atoms. The van der Waals surface area contributed by atoms with Gasteiger partial charge in [0.2, 0.25) is 11.8 Å². The number of hydrogen-bond donors (Lipinski definition) is 2. The van der Waals surface area contributed by atoms with Crippen molar-refractivity contribution < 1.29 is 19.5 Å². The normalized spacial score (nSPS) is 29.6. The zero-order chi connectivity index (χ0) is 20.8. The Morgan fingerprint density at radius 3 is 2.50 bits per heavy atom. The van der Waals surface area contributed by atoms with Gasteiger partial charge in [-0.1, -0.05) is 51.0 Å². The lowest BCUT2D eigenvalue weighted by atomic mass is 9.73. The summed E-state index contributed by atoms with van der Waals surface area (Å²) in [4.78, 5) is 40.3. The van der Waals surface area contributed by atoms with Crippen LogP contribution in [0.2, 0.25) is 0 Å². The molecule has 2 fully saturated rings. The van der Waals surface area contributed by atoms with Crippen LogP contribution in [-0.2, 0) is 14.4 Å². The summed E-state index contributed by atoms with van der Waals surface area (Å²) in [5, 5.41) is 13.5. The fraction of sp³-hybridized carbons (Fsp3) is 0.591. The second-order valence-electron chi connectivity index (χ2n) is 8.50. The first-order valence-electron chi connectivity index (χ1n) is 10.1. The van der Waals surface area contributed by atoms with E-state index in [1.165, 1.54) is 4.90 Å². The quantitative estimate of drug-likeness (QED) is 0.734. The predicted octanol–water partition coefficient (Wildman–Crippen LogP) is 2.83. The molecule has 3 rings (SSSR count). The van der Waals surface area contributed by atoms with Crippen LogP contribution in [0.3, 0.4) is 0 Å². The molecule has 0 aromatic heterocycles. The van der Waals surface area contributed by atoms with E-state index in [1.54, 1.807) is 13.8 Å². The summed E-state index contributed by atoms with van der Waals surface area (Å²) in [7, 11) is 0. The molecule has 0 saturated carbocycles. The van der Waals surface area contributed by atoms with Crippen molar-refractivity contribution in [3.8, 4) is 0 Å². The highest BCUT2D eigenvalue weighted by molar-refractivity contribution is 6.09. The lowest BCUT2D eigenvalue weighted by Gasteiger charge is -2.34. The van der Waals surface area contributed by atoms with Crippen LogP contribution in [0.5, 0.6) is 0 Å². The van der Waals surface area contributed by atoms with E-state index in [9.17, 15) is 19.5 Å². The molecule has 0 aliphatic carbocycles. The number of rotatable bonds is 6. The number of benzene rings is 1. The molecule has 152 valence electrons. The lowest BCUT2D eigenvalue weighted by molar-refractivity contribution is -0.153. The maximum absolute atomic E-state index is 13.3. The molecule has 6 heteroatoms. The Morgan fingerprint density at radius 1 is 1.25 bits per heavy atom. The van der Waals surface area contributed by atoms with Gasteiger partial charge in [-0.2, -0.15) is 0 Å². The van der Waals surface area contributed by atoms with E-state index in [4.69, 9.17) is 0 Å². The molecular formula is C22H30N2O4. The molecule has 2 N–H and O–H groups in total. The average Bonchev–Trinajstić information content (AvgIpc) is 3.11. The number of carboxylic acids is 1. The number of nitrogens with one attached hydrogen (secondary N) is 1. The summed E-state index contributed by atoms with van der Waals surface area (Å²) in [6.07, 6.45) is 1.58. The average molecular weight is 386 g/mol. The Morgan fingerprint density at radius 2 is 1.93 bits per heavy atom. The molecule has 0 spiro atoms. The molecule has 2 aliphatic rings. The molecule has 1 aromatic rings. The van der Waals surface area contributed by atoms with Crippen molar-refractivity contribution in [1.82, 2.24) is 10.2 Å². The van der Waals surface area contributed by atoms with Gasteiger partial charge >= 0.3 is 5.97 Å². The van der Waals surface area contributed by atoms with E-state index in [-0.39, 0.29) is 17.7 Å². The third-order valence-electron chi connectivity index (χ3n) is 6.46. The van der Waals surface area contributed by atoms with Gasteiger partial charge in [0.1, 0.15) is 5.54 Å². The Hall–Kier alpha value is -2.21. The van der Waals surface area contributed by atoms with Crippen LogP contribution in [0, 0.1) is 31.6 Å². The van der Waals surface area contributed by atoms with Crippen molar-refractivity contribution in [2.24, 2.45) is 17.8 Å². The van der Waals surface area contributed by atoms with Gasteiger partial charge in [-0.3, -0.25) is 24.6 Å². The number of hydrogen-bond acceptors (Lipinski definition) is 4. The van der Waals surface area contributed by atoms with Crippen LogP contribution >= 0.6 is 0 Å². The van der Waals surface area contributed by atoms with E-state index in [0.717, 1.165) is 29.5 Å². The monoisotopic (exact) mass is 386 g/mol. The van der Waals surface area contributed by atoms with Crippen molar-refractivity contribution in [3.05, 3.63) is 34.9 Å². The number of aryl methyl sites for hydroxylation is 2. The predicted molar refractivity (Wildman–Crippen MR) is 106 cm³/mol. The number of nitrogens with zero attached hydrogens (tertiary/aromatic N) is 1. The number of imide groups is 1. The lowest BCUT2D eigenvalue weighted by Crippen LogP contribution is -2.59. The van der Waals surface area contributed by atoms with Gasteiger partial charge in [0, 0.05) is 12.6 Å². The molecule has 4 atom stereocenters. The molecule has 2 amide bonds. The van der Waals surface area contributed by atoms with Crippen molar-refractivity contribution in [2.75, 3.05) is 6.54 Å². The van der Waals surface area contributed by atoms with Gasteiger partial charge in [0.25, 0.3) is 0 Å². The number of carbonyl (C=O) groups excluding carboxylic acids is 2.